The number of amidine groups is 1. The predicted molar refractivity (Wildman–Crippen MR) is 117 cm³/mol. The minimum Gasteiger partial charge on any atom is -0.326 e. The maximum atomic E-state index is 12.5. The zero-order valence-electron chi connectivity index (χ0n) is 15.0. The molecule has 0 radical (unpaired) electrons. The lowest BCUT2D eigenvalue weighted by atomic mass is 10.2. The molecule has 0 saturated carbocycles. The molecule has 1 aliphatic rings. The van der Waals surface area contributed by atoms with Crippen molar-refractivity contribution in [2.75, 3.05) is 12.4 Å². The molecule has 3 rings (SSSR count). The van der Waals surface area contributed by atoms with Gasteiger partial charge in [-0.2, -0.15) is 0 Å². The summed E-state index contributed by atoms with van der Waals surface area (Å²) >= 11 is 19.3. The Morgan fingerprint density at radius 1 is 1.25 bits per heavy atom. The number of rotatable bonds is 4. The average Bonchev–Trinajstić information content (AvgIpc) is 2.89. The second-order valence-corrected chi connectivity index (χ2v) is 8.57. The first-order chi connectivity index (χ1) is 13.3. The van der Waals surface area contributed by atoms with Crippen molar-refractivity contribution in [3.05, 3.63) is 57.0 Å². The first-order valence-corrected chi connectivity index (χ1v) is 10.3. The summed E-state index contributed by atoms with van der Waals surface area (Å²) in [7, 11) is 1.62. The fraction of sp³-hybridized carbons (Fsp3) is 0.211. The molecule has 2 amide bonds. The Bertz CT molecular complexity index is 981. The summed E-state index contributed by atoms with van der Waals surface area (Å²) in [5.74, 6) is -0.448. The Kier molecular flexibility index (Phi) is 6.55. The number of aryl methyl sites for hydroxylation is 1. The van der Waals surface area contributed by atoms with Crippen molar-refractivity contribution in [2.45, 2.75) is 18.6 Å². The van der Waals surface area contributed by atoms with E-state index >= 15 is 0 Å². The molecule has 1 heterocycles. The van der Waals surface area contributed by atoms with Crippen LogP contribution >= 0.6 is 46.6 Å². The largest absolute Gasteiger partial charge is 0.326 e. The van der Waals surface area contributed by atoms with Gasteiger partial charge in [-0.25, -0.2) is 4.99 Å². The topological polar surface area (TPSA) is 61.8 Å². The van der Waals surface area contributed by atoms with E-state index in [1.165, 1.54) is 16.7 Å². The normalized spacial score (nSPS) is 18.0. The molecule has 1 fully saturated rings. The van der Waals surface area contributed by atoms with Gasteiger partial charge in [-0.3, -0.25) is 14.5 Å². The average molecular weight is 457 g/mol. The molecule has 28 heavy (non-hydrogen) atoms. The van der Waals surface area contributed by atoms with Gasteiger partial charge in [-0.1, -0.05) is 52.6 Å². The van der Waals surface area contributed by atoms with Gasteiger partial charge in [0.15, 0.2) is 5.17 Å². The molecule has 0 bridgehead atoms. The standard InChI is InChI=1S/C19H16Cl3N3O2S/c1-10-8-11(20)6-7-13(10)23-16(26)9-15-18(27)25(2)19(28-15)24-14-5-3-4-12(21)17(14)22/h3-8,15H,9H2,1-2H3,(H,23,26)/t15-/m0/s1. The van der Waals surface area contributed by atoms with Crippen molar-refractivity contribution in [2.24, 2.45) is 4.99 Å². The zero-order chi connectivity index (χ0) is 20.4. The minimum atomic E-state index is -0.561. The van der Waals surface area contributed by atoms with Crippen molar-refractivity contribution in [1.82, 2.24) is 4.90 Å². The Balaban J connectivity index is 1.72. The van der Waals surface area contributed by atoms with Gasteiger partial charge < -0.3 is 5.32 Å². The number of halogens is 3. The first-order valence-electron chi connectivity index (χ1n) is 8.29. The summed E-state index contributed by atoms with van der Waals surface area (Å²) in [6.45, 7) is 1.85. The third kappa shape index (κ3) is 4.63. The van der Waals surface area contributed by atoms with Crippen molar-refractivity contribution >= 4 is 74.9 Å². The molecule has 1 N–H and O–H groups in total. The number of hydrogen-bond acceptors (Lipinski definition) is 4. The number of anilines is 1. The molecule has 9 heteroatoms. The summed E-state index contributed by atoms with van der Waals surface area (Å²) < 4.78 is 0. The Hall–Kier alpha value is -1.73. The fourth-order valence-corrected chi connectivity index (χ4v) is 4.33. The molecular formula is C19H16Cl3N3O2S. The van der Waals surface area contributed by atoms with E-state index < -0.39 is 5.25 Å². The molecule has 0 aliphatic carbocycles. The molecule has 0 unspecified atom stereocenters. The summed E-state index contributed by atoms with van der Waals surface area (Å²) in [6, 6.07) is 10.3. The molecule has 1 saturated heterocycles. The number of carbonyl (C=O) groups is 2. The lowest BCUT2D eigenvalue weighted by Gasteiger charge is -2.11. The van der Waals surface area contributed by atoms with Crippen LogP contribution in [0.25, 0.3) is 0 Å². The van der Waals surface area contributed by atoms with E-state index in [-0.39, 0.29) is 18.2 Å². The summed E-state index contributed by atoms with van der Waals surface area (Å²) in [5.41, 5.74) is 1.98. The highest BCUT2D eigenvalue weighted by Crippen LogP contribution is 2.36. The Labute approximate surface area is 182 Å². The van der Waals surface area contributed by atoms with Gasteiger partial charge in [0.1, 0.15) is 5.25 Å². The van der Waals surface area contributed by atoms with Crippen LogP contribution in [0.4, 0.5) is 11.4 Å². The molecule has 0 spiro atoms. The van der Waals surface area contributed by atoms with Crippen LogP contribution in [0.15, 0.2) is 41.4 Å². The van der Waals surface area contributed by atoms with Crippen molar-refractivity contribution in [3.8, 4) is 0 Å². The van der Waals surface area contributed by atoms with Crippen LogP contribution in [0, 0.1) is 6.92 Å². The number of hydrogen-bond donors (Lipinski definition) is 1. The molecule has 146 valence electrons. The summed E-state index contributed by atoms with van der Waals surface area (Å²) in [5, 5.41) is 4.02. The summed E-state index contributed by atoms with van der Waals surface area (Å²) in [4.78, 5) is 30.8. The van der Waals surface area contributed by atoms with E-state index in [9.17, 15) is 9.59 Å². The van der Waals surface area contributed by atoms with Crippen LogP contribution in [0.1, 0.15) is 12.0 Å². The van der Waals surface area contributed by atoms with Crippen LogP contribution in [-0.2, 0) is 9.59 Å². The van der Waals surface area contributed by atoms with Crippen molar-refractivity contribution in [3.63, 3.8) is 0 Å². The van der Waals surface area contributed by atoms with E-state index in [1.54, 1.807) is 43.4 Å². The van der Waals surface area contributed by atoms with Gasteiger partial charge in [0.2, 0.25) is 11.8 Å². The third-order valence-corrected chi connectivity index (χ3v) is 6.39. The molecule has 5 nitrogen and oxygen atoms in total. The van der Waals surface area contributed by atoms with Gasteiger partial charge >= 0.3 is 0 Å². The maximum absolute atomic E-state index is 12.5. The van der Waals surface area contributed by atoms with Crippen LogP contribution in [0.2, 0.25) is 15.1 Å². The van der Waals surface area contributed by atoms with Gasteiger partial charge in [-0.15, -0.1) is 0 Å². The number of aliphatic imine (C=N–C) groups is 1. The van der Waals surface area contributed by atoms with E-state index in [0.29, 0.717) is 31.6 Å². The SMILES string of the molecule is Cc1cc(Cl)ccc1NC(=O)C[C@@H]1SC(=Nc2cccc(Cl)c2Cl)N(C)C1=O. The van der Waals surface area contributed by atoms with Crippen LogP contribution in [0.3, 0.4) is 0 Å². The van der Waals surface area contributed by atoms with Crippen molar-refractivity contribution < 1.29 is 9.59 Å². The van der Waals surface area contributed by atoms with E-state index in [2.05, 4.69) is 10.3 Å². The Morgan fingerprint density at radius 2 is 2.00 bits per heavy atom. The monoisotopic (exact) mass is 455 g/mol. The number of benzene rings is 2. The molecule has 1 atom stereocenters. The lowest BCUT2D eigenvalue weighted by Crippen LogP contribution is -2.30. The third-order valence-electron chi connectivity index (χ3n) is 4.12. The highest BCUT2D eigenvalue weighted by Gasteiger charge is 2.37. The predicted octanol–water partition coefficient (Wildman–Crippen LogP) is 5.55. The lowest BCUT2D eigenvalue weighted by molar-refractivity contribution is -0.127. The van der Waals surface area contributed by atoms with Gasteiger partial charge in [0, 0.05) is 24.2 Å². The molecule has 1 aliphatic heterocycles. The number of nitrogens with one attached hydrogen (secondary N) is 1. The smallest absolute Gasteiger partial charge is 0.242 e. The number of amides is 2. The quantitative estimate of drug-likeness (QED) is 0.656. The molecular weight excluding hydrogens is 441 g/mol. The van der Waals surface area contributed by atoms with Crippen molar-refractivity contribution in [1.29, 1.82) is 0 Å². The maximum Gasteiger partial charge on any atom is 0.242 e. The Morgan fingerprint density at radius 3 is 2.71 bits per heavy atom. The highest BCUT2D eigenvalue weighted by atomic mass is 35.5. The number of nitrogens with zero attached hydrogens (tertiary/aromatic N) is 2. The second kappa shape index (κ2) is 8.74. The molecule has 2 aromatic carbocycles. The second-order valence-electron chi connectivity index (χ2n) is 6.18. The van der Waals surface area contributed by atoms with Crippen LogP contribution in [-0.4, -0.2) is 34.2 Å². The highest BCUT2D eigenvalue weighted by molar-refractivity contribution is 8.15. The van der Waals surface area contributed by atoms with E-state index in [1.807, 2.05) is 6.92 Å². The van der Waals surface area contributed by atoms with E-state index in [0.717, 1.165) is 5.56 Å². The zero-order valence-corrected chi connectivity index (χ0v) is 18.1. The van der Waals surface area contributed by atoms with E-state index in [4.69, 9.17) is 34.8 Å². The van der Waals surface area contributed by atoms with Gasteiger partial charge in [0.05, 0.1) is 15.7 Å². The minimum absolute atomic E-state index is 0.0260. The van der Waals surface area contributed by atoms with Crippen LogP contribution in [0.5, 0.6) is 0 Å². The fourth-order valence-electron chi connectivity index (χ4n) is 2.62. The van der Waals surface area contributed by atoms with Gasteiger partial charge in [-0.05, 0) is 42.8 Å². The number of thioether (sulfide) groups is 1. The number of carbonyl (C=O) groups excluding carboxylic acids is 2. The molecule has 2 aromatic rings. The van der Waals surface area contributed by atoms with Gasteiger partial charge in [0.25, 0.3) is 0 Å². The van der Waals surface area contributed by atoms with Crippen LogP contribution < -0.4 is 5.32 Å². The molecule has 0 aromatic heterocycles. The first kappa shape index (κ1) is 21.0. The summed E-state index contributed by atoms with van der Waals surface area (Å²) in [6.07, 6.45) is 0.0260.